The number of anilines is 1. The molecule has 2 heterocycles. The summed E-state index contributed by atoms with van der Waals surface area (Å²) in [6.45, 7) is 2.61. The molecule has 1 aliphatic heterocycles. The molecule has 1 saturated heterocycles. The molecule has 0 saturated carbocycles. The van der Waals surface area contributed by atoms with Crippen molar-refractivity contribution in [2.75, 3.05) is 32.2 Å². The summed E-state index contributed by atoms with van der Waals surface area (Å²) >= 11 is 0. The predicted octanol–water partition coefficient (Wildman–Crippen LogP) is 0.895. The van der Waals surface area contributed by atoms with Gasteiger partial charge in [0.2, 0.25) is 5.91 Å². The normalized spacial score (nSPS) is 16.7. The van der Waals surface area contributed by atoms with Gasteiger partial charge in [0.15, 0.2) is 0 Å². The zero-order valence-electron chi connectivity index (χ0n) is 10.6. The number of methoxy groups -OCH3 is 1. The molecule has 0 aliphatic carbocycles. The van der Waals surface area contributed by atoms with Crippen molar-refractivity contribution >= 4 is 11.6 Å². The van der Waals surface area contributed by atoms with Gasteiger partial charge in [-0.05, 0) is 18.8 Å². The Morgan fingerprint density at radius 2 is 2.39 bits per heavy atom. The lowest BCUT2D eigenvalue weighted by molar-refractivity contribution is -0.119. The molecule has 0 unspecified atom stereocenters. The number of nitrogens with one attached hydrogen (secondary N) is 1. The van der Waals surface area contributed by atoms with Gasteiger partial charge in [-0.25, -0.2) is 0 Å². The topological polar surface area (TPSA) is 65.4 Å². The van der Waals surface area contributed by atoms with Crippen LogP contribution in [-0.2, 0) is 20.8 Å². The first-order valence-corrected chi connectivity index (χ1v) is 6.17. The monoisotopic (exact) mass is 253 g/mol. The second kappa shape index (κ2) is 6.51. The van der Waals surface area contributed by atoms with Gasteiger partial charge in [-0.3, -0.25) is 9.48 Å². The average molecular weight is 253 g/mol. The highest BCUT2D eigenvalue weighted by molar-refractivity contribution is 5.91. The van der Waals surface area contributed by atoms with Crippen LogP contribution in [0.1, 0.15) is 12.8 Å². The molecule has 18 heavy (non-hydrogen) atoms. The Hall–Kier alpha value is -1.40. The molecule has 6 nitrogen and oxygen atoms in total. The van der Waals surface area contributed by atoms with Gasteiger partial charge in [-0.2, -0.15) is 5.10 Å². The van der Waals surface area contributed by atoms with Gasteiger partial charge >= 0.3 is 0 Å². The molecule has 0 bridgehead atoms. The highest BCUT2D eigenvalue weighted by Crippen LogP contribution is 2.17. The quantitative estimate of drug-likeness (QED) is 0.846. The van der Waals surface area contributed by atoms with Crippen molar-refractivity contribution in [3.05, 3.63) is 12.4 Å². The molecule has 100 valence electrons. The number of rotatable bonds is 5. The Bertz CT molecular complexity index is 386. The number of aromatic nitrogens is 2. The highest BCUT2D eigenvalue weighted by atomic mass is 16.5. The lowest BCUT2D eigenvalue weighted by Gasteiger charge is -2.21. The fraction of sp³-hybridized carbons (Fsp3) is 0.667. The summed E-state index contributed by atoms with van der Waals surface area (Å²) in [5.41, 5.74) is 0.712. The van der Waals surface area contributed by atoms with Crippen LogP contribution < -0.4 is 5.32 Å². The summed E-state index contributed by atoms with van der Waals surface area (Å²) in [7, 11) is 1.49. The van der Waals surface area contributed by atoms with Crippen molar-refractivity contribution in [3.8, 4) is 0 Å². The summed E-state index contributed by atoms with van der Waals surface area (Å²) in [5.74, 6) is 0.448. The van der Waals surface area contributed by atoms with E-state index in [0.29, 0.717) is 11.6 Å². The third-order valence-electron chi connectivity index (χ3n) is 2.98. The van der Waals surface area contributed by atoms with Gasteiger partial charge in [-0.1, -0.05) is 0 Å². The Morgan fingerprint density at radius 1 is 1.61 bits per heavy atom. The first-order valence-electron chi connectivity index (χ1n) is 6.17. The van der Waals surface area contributed by atoms with Gasteiger partial charge in [0.1, 0.15) is 6.61 Å². The minimum absolute atomic E-state index is 0.0607. The van der Waals surface area contributed by atoms with Crippen LogP contribution in [0.5, 0.6) is 0 Å². The number of hydrogen-bond donors (Lipinski definition) is 1. The maximum Gasteiger partial charge on any atom is 0.250 e. The molecular weight excluding hydrogens is 234 g/mol. The molecule has 1 N–H and O–H groups in total. The molecule has 1 amide bonds. The zero-order chi connectivity index (χ0) is 12.8. The van der Waals surface area contributed by atoms with Gasteiger partial charge in [0.25, 0.3) is 0 Å². The fourth-order valence-electron chi connectivity index (χ4n) is 2.05. The van der Waals surface area contributed by atoms with Gasteiger partial charge in [0, 0.05) is 33.1 Å². The SMILES string of the molecule is COCC(=O)Nc1cnn(CC2CCOCC2)c1. The molecule has 2 rings (SSSR count). The first-order chi connectivity index (χ1) is 8.78. The molecule has 0 radical (unpaired) electrons. The number of carbonyl (C=O) groups excluding carboxylic acids is 1. The molecule has 0 aromatic carbocycles. The van der Waals surface area contributed by atoms with Crippen LogP contribution in [0.15, 0.2) is 12.4 Å². The molecule has 1 aromatic rings. The summed E-state index contributed by atoms with van der Waals surface area (Å²) < 4.78 is 11.9. The minimum atomic E-state index is -0.164. The van der Waals surface area contributed by atoms with Gasteiger partial charge in [-0.15, -0.1) is 0 Å². The van der Waals surface area contributed by atoms with Crippen molar-refractivity contribution < 1.29 is 14.3 Å². The average Bonchev–Trinajstić information content (AvgIpc) is 2.78. The van der Waals surface area contributed by atoms with E-state index in [1.807, 2.05) is 10.9 Å². The van der Waals surface area contributed by atoms with E-state index in [1.165, 1.54) is 7.11 Å². The zero-order valence-corrected chi connectivity index (χ0v) is 10.6. The standard InChI is InChI=1S/C12H19N3O3/c1-17-9-12(16)14-11-6-13-15(8-11)7-10-2-4-18-5-3-10/h6,8,10H,2-5,7,9H2,1H3,(H,14,16). The first kappa shape index (κ1) is 13.0. The van der Waals surface area contributed by atoms with Crippen LogP contribution in [-0.4, -0.2) is 42.6 Å². The molecule has 1 aliphatic rings. The van der Waals surface area contributed by atoms with E-state index in [0.717, 1.165) is 32.6 Å². The highest BCUT2D eigenvalue weighted by Gasteiger charge is 2.15. The maximum atomic E-state index is 11.3. The molecule has 0 spiro atoms. The number of nitrogens with zero attached hydrogens (tertiary/aromatic N) is 2. The van der Waals surface area contributed by atoms with Crippen LogP contribution in [0.3, 0.4) is 0 Å². The number of hydrogen-bond acceptors (Lipinski definition) is 4. The summed E-state index contributed by atoms with van der Waals surface area (Å²) in [5, 5.41) is 6.97. The van der Waals surface area contributed by atoms with E-state index in [1.54, 1.807) is 6.20 Å². The lowest BCUT2D eigenvalue weighted by atomic mass is 10.0. The lowest BCUT2D eigenvalue weighted by Crippen LogP contribution is -2.20. The maximum absolute atomic E-state index is 11.3. The van der Waals surface area contributed by atoms with Crippen LogP contribution in [0.25, 0.3) is 0 Å². The van der Waals surface area contributed by atoms with Gasteiger partial charge < -0.3 is 14.8 Å². The Kier molecular flexibility index (Phi) is 4.72. The van der Waals surface area contributed by atoms with Crippen molar-refractivity contribution in [1.29, 1.82) is 0 Å². The predicted molar refractivity (Wildman–Crippen MR) is 66.3 cm³/mol. The van der Waals surface area contributed by atoms with Crippen molar-refractivity contribution in [2.24, 2.45) is 5.92 Å². The molecule has 6 heteroatoms. The third kappa shape index (κ3) is 3.82. The van der Waals surface area contributed by atoms with Crippen molar-refractivity contribution in [2.45, 2.75) is 19.4 Å². The van der Waals surface area contributed by atoms with E-state index < -0.39 is 0 Å². The summed E-state index contributed by atoms with van der Waals surface area (Å²) in [6, 6.07) is 0. The third-order valence-corrected chi connectivity index (χ3v) is 2.98. The second-order valence-electron chi connectivity index (χ2n) is 4.49. The molecule has 1 fully saturated rings. The van der Waals surface area contributed by atoms with E-state index in [4.69, 9.17) is 9.47 Å². The second-order valence-corrected chi connectivity index (χ2v) is 4.49. The Balaban J connectivity index is 1.83. The Morgan fingerprint density at radius 3 is 3.11 bits per heavy atom. The largest absolute Gasteiger partial charge is 0.381 e. The minimum Gasteiger partial charge on any atom is -0.381 e. The Labute approximate surface area is 106 Å². The number of ether oxygens (including phenoxy) is 2. The van der Waals surface area contributed by atoms with Crippen LogP contribution in [0.2, 0.25) is 0 Å². The smallest absolute Gasteiger partial charge is 0.250 e. The van der Waals surface area contributed by atoms with Crippen molar-refractivity contribution in [3.63, 3.8) is 0 Å². The van der Waals surface area contributed by atoms with E-state index >= 15 is 0 Å². The van der Waals surface area contributed by atoms with E-state index in [-0.39, 0.29) is 12.5 Å². The molecule has 1 aromatic heterocycles. The van der Waals surface area contributed by atoms with Crippen LogP contribution >= 0.6 is 0 Å². The van der Waals surface area contributed by atoms with E-state index in [2.05, 4.69) is 10.4 Å². The number of amides is 1. The van der Waals surface area contributed by atoms with Crippen LogP contribution in [0, 0.1) is 5.92 Å². The molecular formula is C12H19N3O3. The van der Waals surface area contributed by atoms with Crippen molar-refractivity contribution in [1.82, 2.24) is 9.78 Å². The van der Waals surface area contributed by atoms with Gasteiger partial charge in [0.05, 0.1) is 11.9 Å². The summed E-state index contributed by atoms with van der Waals surface area (Å²) in [6.07, 6.45) is 5.66. The fourth-order valence-corrected chi connectivity index (χ4v) is 2.05. The number of carbonyl (C=O) groups is 1. The summed E-state index contributed by atoms with van der Waals surface area (Å²) in [4.78, 5) is 11.3. The van der Waals surface area contributed by atoms with Crippen LogP contribution in [0.4, 0.5) is 5.69 Å². The van der Waals surface area contributed by atoms with E-state index in [9.17, 15) is 4.79 Å². The molecule has 0 atom stereocenters.